The van der Waals surface area contributed by atoms with Crippen molar-refractivity contribution in [3.05, 3.63) is 9.66 Å². The fourth-order valence-corrected chi connectivity index (χ4v) is 1.38. The Morgan fingerprint density at radius 1 is 1.25 bits per heavy atom. The van der Waals surface area contributed by atoms with Crippen LogP contribution in [0, 0.1) is 0 Å². The van der Waals surface area contributed by atoms with Gasteiger partial charge in [-0.25, -0.2) is 0 Å². The highest BCUT2D eigenvalue weighted by atomic mass is 127. The lowest BCUT2D eigenvalue weighted by Gasteiger charge is -1.97. The van der Waals surface area contributed by atoms with E-state index in [1.807, 2.05) is 0 Å². The molecule has 0 heterocycles. The van der Waals surface area contributed by atoms with Crippen LogP contribution in [0.2, 0.25) is 0 Å². The van der Waals surface area contributed by atoms with Crippen molar-refractivity contribution in [3.63, 3.8) is 0 Å². The lowest BCUT2D eigenvalue weighted by atomic mass is 10.1. The summed E-state index contributed by atoms with van der Waals surface area (Å²) in [4.78, 5) is 0. The summed E-state index contributed by atoms with van der Waals surface area (Å²) < 4.78 is 1.07. The maximum absolute atomic E-state index is 8.70. The zero-order valence-corrected chi connectivity index (χ0v) is 10.0. The molecule has 0 saturated heterocycles. The van der Waals surface area contributed by atoms with E-state index in [0.717, 1.165) is 10.0 Å². The Morgan fingerprint density at radius 2 is 1.92 bits per heavy atom. The molecule has 1 nitrogen and oxygen atoms in total. The van der Waals surface area contributed by atoms with E-state index in [4.69, 9.17) is 5.11 Å². The van der Waals surface area contributed by atoms with Gasteiger partial charge in [0.1, 0.15) is 0 Å². The highest BCUT2D eigenvalue weighted by molar-refractivity contribution is 14.1. The largest absolute Gasteiger partial charge is 0.391 e. The normalized spacial score (nSPS) is 12.1. The molecule has 0 bridgehead atoms. The van der Waals surface area contributed by atoms with E-state index in [-0.39, 0.29) is 6.61 Å². The molecule has 0 rings (SSSR count). The number of rotatable bonds is 7. The molecule has 0 aromatic carbocycles. The first-order chi connectivity index (χ1) is 5.81. The Balaban J connectivity index is 3.10. The van der Waals surface area contributed by atoms with Crippen LogP contribution in [-0.4, -0.2) is 11.7 Å². The molecule has 2 heteroatoms. The van der Waals surface area contributed by atoms with Gasteiger partial charge in [-0.2, -0.15) is 0 Å². The molecule has 72 valence electrons. The molecule has 0 atom stereocenters. The van der Waals surface area contributed by atoms with Crippen molar-refractivity contribution in [2.24, 2.45) is 0 Å². The van der Waals surface area contributed by atoms with Gasteiger partial charge >= 0.3 is 0 Å². The highest BCUT2D eigenvalue weighted by Crippen LogP contribution is 2.10. The smallest absolute Gasteiger partial charge is 0.0735 e. The first-order valence-electron chi connectivity index (χ1n) is 4.76. The van der Waals surface area contributed by atoms with E-state index in [0.29, 0.717) is 0 Å². The number of hydrogen-bond acceptors (Lipinski definition) is 1. The summed E-state index contributed by atoms with van der Waals surface area (Å²) >= 11 is 2.19. The van der Waals surface area contributed by atoms with Gasteiger partial charge in [-0.15, -0.1) is 0 Å². The van der Waals surface area contributed by atoms with E-state index in [9.17, 15) is 0 Å². The van der Waals surface area contributed by atoms with Crippen molar-refractivity contribution >= 4 is 22.6 Å². The van der Waals surface area contributed by atoms with E-state index in [1.54, 1.807) is 0 Å². The molecular formula is C10H19IO. The third-order valence-electron chi connectivity index (χ3n) is 1.82. The van der Waals surface area contributed by atoms with Gasteiger partial charge in [-0.1, -0.05) is 38.7 Å². The third kappa shape index (κ3) is 8.53. The summed E-state index contributed by atoms with van der Waals surface area (Å²) in [5.41, 5.74) is 0. The van der Waals surface area contributed by atoms with Crippen LogP contribution in [0.1, 0.15) is 45.4 Å². The molecule has 0 aliphatic rings. The standard InChI is InChI=1S/C10H19IO/c1-2-3-4-5-6-7-8-10(11)9-12/h8,12H,2-7,9H2,1H3/b10-8-. The minimum absolute atomic E-state index is 0.204. The number of allylic oxidation sites excluding steroid dienone is 1. The van der Waals surface area contributed by atoms with Crippen LogP contribution < -0.4 is 0 Å². The molecule has 0 saturated carbocycles. The number of halogens is 1. The van der Waals surface area contributed by atoms with E-state index in [2.05, 4.69) is 35.6 Å². The van der Waals surface area contributed by atoms with Crippen LogP contribution in [0.5, 0.6) is 0 Å². The van der Waals surface area contributed by atoms with Gasteiger partial charge in [0.05, 0.1) is 6.61 Å². The summed E-state index contributed by atoms with van der Waals surface area (Å²) in [5.74, 6) is 0. The van der Waals surface area contributed by atoms with Crippen LogP contribution in [0.4, 0.5) is 0 Å². The molecule has 0 fully saturated rings. The van der Waals surface area contributed by atoms with Crippen LogP contribution in [-0.2, 0) is 0 Å². The van der Waals surface area contributed by atoms with Crippen molar-refractivity contribution < 1.29 is 5.11 Å². The molecule has 0 aromatic rings. The van der Waals surface area contributed by atoms with Gasteiger partial charge in [0.2, 0.25) is 0 Å². The molecule has 1 N–H and O–H groups in total. The average Bonchev–Trinajstić information content (AvgIpc) is 2.10. The number of aliphatic hydroxyl groups is 1. The number of aliphatic hydroxyl groups excluding tert-OH is 1. The maximum Gasteiger partial charge on any atom is 0.0735 e. The van der Waals surface area contributed by atoms with E-state index < -0.39 is 0 Å². The third-order valence-corrected chi connectivity index (χ3v) is 2.61. The molecule has 0 aromatic heterocycles. The molecular weight excluding hydrogens is 263 g/mol. The summed E-state index contributed by atoms with van der Waals surface area (Å²) in [6, 6.07) is 0. The topological polar surface area (TPSA) is 20.2 Å². The molecule has 0 aliphatic heterocycles. The van der Waals surface area contributed by atoms with Crippen LogP contribution >= 0.6 is 22.6 Å². The number of unbranched alkanes of at least 4 members (excludes halogenated alkanes) is 5. The Hall–Kier alpha value is 0.430. The number of hydrogen-bond donors (Lipinski definition) is 1. The highest BCUT2D eigenvalue weighted by Gasteiger charge is 1.89. The van der Waals surface area contributed by atoms with Crippen LogP contribution in [0.15, 0.2) is 9.66 Å². The molecule has 0 aliphatic carbocycles. The van der Waals surface area contributed by atoms with Crippen molar-refractivity contribution in [1.82, 2.24) is 0 Å². The predicted octanol–water partition coefficient (Wildman–Crippen LogP) is 3.66. The lowest BCUT2D eigenvalue weighted by molar-refractivity contribution is 0.340. The van der Waals surface area contributed by atoms with E-state index in [1.165, 1.54) is 32.1 Å². The second-order valence-electron chi connectivity index (χ2n) is 3.01. The lowest BCUT2D eigenvalue weighted by Crippen LogP contribution is -1.81. The van der Waals surface area contributed by atoms with E-state index >= 15 is 0 Å². The second-order valence-corrected chi connectivity index (χ2v) is 4.40. The molecule has 0 unspecified atom stereocenters. The Kier molecular flexibility index (Phi) is 9.86. The summed E-state index contributed by atoms with van der Waals surface area (Å²) in [5, 5.41) is 8.70. The first kappa shape index (κ1) is 12.4. The summed E-state index contributed by atoms with van der Waals surface area (Å²) in [6.07, 6.45) is 9.89. The van der Waals surface area contributed by atoms with Crippen LogP contribution in [0.3, 0.4) is 0 Å². The van der Waals surface area contributed by atoms with Crippen molar-refractivity contribution in [1.29, 1.82) is 0 Å². The van der Waals surface area contributed by atoms with Crippen molar-refractivity contribution in [2.75, 3.05) is 6.61 Å². The van der Waals surface area contributed by atoms with Crippen molar-refractivity contribution in [2.45, 2.75) is 45.4 Å². The van der Waals surface area contributed by atoms with Crippen LogP contribution in [0.25, 0.3) is 0 Å². The maximum atomic E-state index is 8.70. The quantitative estimate of drug-likeness (QED) is 0.558. The second kappa shape index (κ2) is 9.52. The molecule has 0 amide bonds. The molecule has 12 heavy (non-hydrogen) atoms. The summed E-state index contributed by atoms with van der Waals surface area (Å²) in [7, 11) is 0. The molecule has 0 radical (unpaired) electrons. The van der Waals surface area contributed by atoms with Gasteiger partial charge in [0, 0.05) is 3.58 Å². The Bertz CT molecular complexity index is 121. The fraction of sp³-hybridized carbons (Fsp3) is 0.800. The minimum atomic E-state index is 0.204. The van der Waals surface area contributed by atoms with Crippen molar-refractivity contribution in [3.8, 4) is 0 Å². The van der Waals surface area contributed by atoms with Gasteiger partial charge in [0.25, 0.3) is 0 Å². The SMILES string of the molecule is CCCCCCC/C=C(\I)CO. The van der Waals surface area contributed by atoms with Gasteiger partial charge < -0.3 is 5.11 Å². The fourth-order valence-electron chi connectivity index (χ4n) is 1.07. The first-order valence-corrected chi connectivity index (χ1v) is 5.84. The monoisotopic (exact) mass is 282 g/mol. The van der Waals surface area contributed by atoms with Gasteiger partial charge in [-0.05, 0) is 35.4 Å². The van der Waals surface area contributed by atoms with Gasteiger partial charge in [0.15, 0.2) is 0 Å². The predicted molar refractivity (Wildman–Crippen MR) is 62.6 cm³/mol. The zero-order valence-electron chi connectivity index (χ0n) is 7.85. The average molecular weight is 282 g/mol. The summed E-state index contributed by atoms with van der Waals surface area (Å²) in [6.45, 7) is 2.43. The zero-order chi connectivity index (χ0) is 9.23. The minimum Gasteiger partial charge on any atom is -0.391 e. The Labute approximate surface area is 89.4 Å². The molecule has 0 spiro atoms. The Morgan fingerprint density at radius 3 is 2.50 bits per heavy atom. The van der Waals surface area contributed by atoms with Gasteiger partial charge in [-0.3, -0.25) is 0 Å².